The lowest BCUT2D eigenvalue weighted by molar-refractivity contribution is -0.128. The first-order valence-corrected chi connectivity index (χ1v) is 6.50. The highest BCUT2D eigenvalue weighted by Gasteiger charge is 2.10. The Morgan fingerprint density at radius 3 is 2.85 bits per heavy atom. The average Bonchev–Trinajstić information content (AvgIpc) is 2.87. The topological polar surface area (TPSA) is 98.8 Å². The number of carbonyl (C=O) groups excluding carboxylic acids is 1. The maximum atomic E-state index is 11.5. The zero-order chi connectivity index (χ0) is 14.5. The number of H-pyrrole nitrogens is 1. The summed E-state index contributed by atoms with van der Waals surface area (Å²) in [6.07, 6.45) is 2.08. The van der Waals surface area contributed by atoms with Crippen molar-refractivity contribution in [3.63, 3.8) is 0 Å². The van der Waals surface area contributed by atoms with Crippen LogP contribution in [0.25, 0.3) is 11.0 Å². The molecule has 0 unspecified atom stereocenters. The van der Waals surface area contributed by atoms with Crippen LogP contribution in [0.5, 0.6) is 0 Å². The number of anilines is 2. The predicted molar refractivity (Wildman–Crippen MR) is 77.6 cm³/mol. The summed E-state index contributed by atoms with van der Waals surface area (Å²) in [7, 11) is 3.48. The lowest BCUT2D eigenvalue weighted by Gasteiger charge is -2.11. The van der Waals surface area contributed by atoms with Gasteiger partial charge in [-0.15, -0.1) is 0 Å². The smallest absolute Gasteiger partial charge is 0.226 e. The van der Waals surface area contributed by atoms with Gasteiger partial charge in [-0.1, -0.05) is 0 Å². The number of nitrogens with one attached hydrogen (secondary N) is 3. The second kappa shape index (κ2) is 6.18. The second-order valence-corrected chi connectivity index (χ2v) is 4.52. The third kappa shape index (κ3) is 3.14. The van der Waals surface area contributed by atoms with Gasteiger partial charge < -0.3 is 15.5 Å². The number of nitrogens with zero attached hydrogens (tertiary/aromatic N) is 4. The molecule has 3 N–H and O–H groups in total. The molecule has 0 saturated heterocycles. The third-order valence-electron chi connectivity index (χ3n) is 2.77. The summed E-state index contributed by atoms with van der Waals surface area (Å²) in [4.78, 5) is 21.8. The number of rotatable bonds is 6. The Kier molecular flexibility index (Phi) is 4.34. The number of amides is 1. The summed E-state index contributed by atoms with van der Waals surface area (Å²) in [5, 5.41) is 13.8. The molecule has 108 valence electrons. The van der Waals surface area contributed by atoms with Gasteiger partial charge in [-0.25, -0.2) is 0 Å². The second-order valence-electron chi connectivity index (χ2n) is 4.52. The molecule has 2 rings (SSSR count). The van der Waals surface area contributed by atoms with Gasteiger partial charge in [0.15, 0.2) is 5.65 Å². The van der Waals surface area contributed by atoms with Crippen LogP contribution in [0.15, 0.2) is 6.20 Å². The maximum absolute atomic E-state index is 11.5. The van der Waals surface area contributed by atoms with Gasteiger partial charge >= 0.3 is 0 Å². The van der Waals surface area contributed by atoms with Gasteiger partial charge in [-0.05, 0) is 6.92 Å². The van der Waals surface area contributed by atoms with Crippen LogP contribution in [0.1, 0.15) is 13.3 Å². The number of hydrogen-bond acceptors (Lipinski definition) is 6. The molecule has 0 aliphatic carbocycles. The summed E-state index contributed by atoms with van der Waals surface area (Å²) >= 11 is 0. The Balaban J connectivity index is 2.11. The van der Waals surface area contributed by atoms with Crippen molar-refractivity contribution >= 4 is 28.7 Å². The molecule has 0 fully saturated rings. The molecule has 0 aliphatic rings. The summed E-state index contributed by atoms with van der Waals surface area (Å²) in [6.45, 7) is 3.22. The SMILES string of the molecule is CCNc1nc(NCCC(=O)N(C)C)c2cn[nH]c2n1. The summed E-state index contributed by atoms with van der Waals surface area (Å²) in [5.74, 6) is 1.28. The van der Waals surface area contributed by atoms with Gasteiger partial charge in [-0.3, -0.25) is 9.89 Å². The Labute approximate surface area is 117 Å². The number of hydrogen-bond donors (Lipinski definition) is 3. The summed E-state index contributed by atoms with van der Waals surface area (Å²) in [6, 6.07) is 0. The first-order valence-electron chi connectivity index (χ1n) is 6.50. The van der Waals surface area contributed by atoms with E-state index in [1.807, 2.05) is 6.92 Å². The molecule has 2 aromatic heterocycles. The number of fused-ring (bicyclic) bond motifs is 1. The molecule has 8 nitrogen and oxygen atoms in total. The van der Waals surface area contributed by atoms with Crippen LogP contribution in [-0.4, -0.2) is 58.2 Å². The van der Waals surface area contributed by atoms with Crippen LogP contribution >= 0.6 is 0 Å². The van der Waals surface area contributed by atoms with E-state index in [0.717, 1.165) is 11.9 Å². The van der Waals surface area contributed by atoms with Crippen LogP contribution in [0.2, 0.25) is 0 Å². The highest BCUT2D eigenvalue weighted by molar-refractivity contribution is 5.87. The van der Waals surface area contributed by atoms with Crippen molar-refractivity contribution in [2.45, 2.75) is 13.3 Å². The molecule has 2 aromatic rings. The molecular weight excluding hydrogens is 258 g/mol. The Hall–Kier alpha value is -2.38. The van der Waals surface area contributed by atoms with Crippen LogP contribution in [0.4, 0.5) is 11.8 Å². The molecule has 0 aromatic carbocycles. The predicted octanol–water partition coefficient (Wildman–Crippen LogP) is 0.675. The van der Waals surface area contributed by atoms with Gasteiger partial charge in [0.1, 0.15) is 5.82 Å². The van der Waals surface area contributed by atoms with E-state index in [1.165, 1.54) is 0 Å². The lowest BCUT2D eigenvalue weighted by atomic mass is 10.3. The first-order chi connectivity index (χ1) is 9.61. The molecular formula is C12H19N7O. The molecule has 0 aliphatic heterocycles. The van der Waals surface area contributed by atoms with E-state index in [2.05, 4.69) is 30.8 Å². The number of aromatic nitrogens is 4. The van der Waals surface area contributed by atoms with Gasteiger partial charge in [0.05, 0.1) is 11.6 Å². The Bertz CT molecular complexity index is 593. The van der Waals surface area contributed by atoms with Crippen molar-refractivity contribution in [2.24, 2.45) is 0 Å². The molecule has 0 bridgehead atoms. The normalized spacial score (nSPS) is 10.6. The molecule has 8 heteroatoms. The van der Waals surface area contributed by atoms with E-state index in [4.69, 9.17) is 0 Å². The highest BCUT2D eigenvalue weighted by atomic mass is 16.2. The van der Waals surface area contributed by atoms with Crippen LogP contribution < -0.4 is 10.6 Å². The largest absolute Gasteiger partial charge is 0.369 e. The fourth-order valence-electron chi connectivity index (χ4n) is 1.72. The van der Waals surface area contributed by atoms with Gasteiger partial charge in [0, 0.05) is 33.6 Å². The first kappa shape index (κ1) is 14.0. The van der Waals surface area contributed by atoms with Gasteiger partial charge in [0.2, 0.25) is 11.9 Å². The Morgan fingerprint density at radius 2 is 2.15 bits per heavy atom. The Morgan fingerprint density at radius 1 is 1.35 bits per heavy atom. The zero-order valence-electron chi connectivity index (χ0n) is 11.9. The standard InChI is InChI=1S/C12H19N7O/c1-4-13-12-16-10(8-7-15-18-11(8)17-12)14-6-5-9(20)19(2)3/h7H,4-6H2,1-3H3,(H3,13,14,15,16,17,18). The number of carbonyl (C=O) groups is 1. The van der Waals surface area contributed by atoms with Crippen molar-refractivity contribution in [3.8, 4) is 0 Å². The lowest BCUT2D eigenvalue weighted by Crippen LogP contribution is -2.24. The van der Waals surface area contributed by atoms with E-state index in [-0.39, 0.29) is 5.91 Å². The van der Waals surface area contributed by atoms with Crippen LogP contribution in [-0.2, 0) is 4.79 Å². The highest BCUT2D eigenvalue weighted by Crippen LogP contribution is 2.19. The van der Waals surface area contributed by atoms with Gasteiger partial charge in [-0.2, -0.15) is 15.1 Å². The minimum atomic E-state index is 0.0712. The van der Waals surface area contributed by atoms with Crippen LogP contribution in [0.3, 0.4) is 0 Å². The quantitative estimate of drug-likeness (QED) is 0.718. The van der Waals surface area contributed by atoms with Crippen molar-refractivity contribution in [3.05, 3.63) is 6.20 Å². The molecule has 1 amide bonds. The minimum absolute atomic E-state index is 0.0712. The monoisotopic (exact) mass is 277 g/mol. The summed E-state index contributed by atoms with van der Waals surface area (Å²) < 4.78 is 0. The molecule has 0 radical (unpaired) electrons. The molecule has 0 saturated carbocycles. The maximum Gasteiger partial charge on any atom is 0.226 e. The zero-order valence-corrected chi connectivity index (χ0v) is 11.9. The molecule has 2 heterocycles. The van der Waals surface area contributed by atoms with Crippen molar-refractivity contribution in [2.75, 3.05) is 37.8 Å². The number of aromatic amines is 1. The van der Waals surface area contributed by atoms with Crippen molar-refractivity contribution in [1.82, 2.24) is 25.1 Å². The fraction of sp³-hybridized carbons (Fsp3) is 0.500. The third-order valence-corrected chi connectivity index (χ3v) is 2.77. The average molecular weight is 277 g/mol. The van der Waals surface area contributed by atoms with Crippen molar-refractivity contribution < 1.29 is 4.79 Å². The molecule has 20 heavy (non-hydrogen) atoms. The minimum Gasteiger partial charge on any atom is -0.369 e. The van der Waals surface area contributed by atoms with E-state index in [1.54, 1.807) is 25.2 Å². The fourth-order valence-corrected chi connectivity index (χ4v) is 1.72. The van der Waals surface area contributed by atoms with Crippen LogP contribution in [0, 0.1) is 0 Å². The van der Waals surface area contributed by atoms with Gasteiger partial charge in [0.25, 0.3) is 0 Å². The van der Waals surface area contributed by atoms with E-state index < -0.39 is 0 Å². The van der Waals surface area contributed by atoms with E-state index in [0.29, 0.717) is 30.4 Å². The molecule has 0 atom stereocenters. The van der Waals surface area contributed by atoms with E-state index >= 15 is 0 Å². The molecule has 0 spiro atoms. The summed E-state index contributed by atoms with van der Waals surface area (Å²) in [5.41, 5.74) is 0.664. The van der Waals surface area contributed by atoms with Crippen molar-refractivity contribution in [1.29, 1.82) is 0 Å². The van der Waals surface area contributed by atoms with E-state index in [9.17, 15) is 4.79 Å².